The Kier molecular flexibility index (Phi) is 4.01. The number of carboxylic acids is 1. The molecule has 0 spiro atoms. The number of halogens is 1. The number of aliphatic carboxylic acids is 1. The van der Waals surface area contributed by atoms with E-state index in [0.29, 0.717) is 0 Å². The lowest BCUT2D eigenvalue weighted by Gasteiger charge is -2.46. The van der Waals surface area contributed by atoms with Gasteiger partial charge >= 0.3 is 5.97 Å². The highest BCUT2D eigenvalue weighted by Crippen LogP contribution is 2.32. The molecule has 0 bridgehead atoms. The topological polar surface area (TPSA) is 96.8 Å². The maximum atomic E-state index is 12.3. The number of carboxylic acid groups (broad SMARTS) is 1. The first-order chi connectivity index (χ1) is 9.24. The van der Waals surface area contributed by atoms with Crippen LogP contribution in [0.4, 0.5) is 0 Å². The van der Waals surface area contributed by atoms with Crippen LogP contribution in [0.1, 0.15) is 6.92 Å². The second-order valence-electron chi connectivity index (χ2n) is 4.70. The largest absolute Gasteiger partial charge is 0.480 e. The number of hydrogen-bond donors (Lipinski definition) is 1. The predicted octanol–water partition coefficient (Wildman–Crippen LogP) is 0.599. The Morgan fingerprint density at radius 3 is 2.80 bits per heavy atom. The molecule has 0 amide bonds. The second kappa shape index (κ2) is 5.28. The number of pyridine rings is 1. The second-order valence-corrected chi connectivity index (χ2v) is 6.96. The number of rotatable bonds is 5. The average molecular weight is 321 g/mol. The van der Waals surface area contributed by atoms with Gasteiger partial charge in [0.25, 0.3) is 0 Å². The Hall–Kier alpha value is -1.22. The third-order valence-electron chi connectivity index (χ3n) is 2.91. The van der Waals surface area contributed by atoms with Crippen LogP contribution < -0.4 is 0 Å². The normalized spacial score (nSPS) is 18.5. The molecule has 1 aromatic rings. The van der Waals surface area contributed by atoms with Crippen molar-refractivity contribution in [2.24, 2.45) is 0 Å². The van der Waals surface area contributed by atoms with Crippen LogP contribution in [0.2, 0.25) is 5.15 Å². The van der Waals surface area contributed by atoms with Gasteiger partial charge in [0.2, 0.25) is 10.0 Å². The highest BCUT2D eigenvalue weighted by Gasteiger charge is 2.47. The lowest BCUT2D eigenvalue weighted by molar-refractivity contribution is -0.157. The van der Waals surface area contributed by atoms with Gasteiger partial charge < -0.3 is 9.84 Å². The van der Waals surface area contributed by atoms with E-state index in [1.54, 1.807) is 6.92 Å². The molecule has 2 heterocycles. The Morgan fingerprint density at radius 2 is 2.25 bits per heavy atom. The molecular weight excluding hydrogens is 308 g/mol. The standard InChI is InChI=1S/C11H13ClN2O5S/c1-11(19-5-9(15)16)6-14(7-11)20(17,18)8-3-2-4-13-10(8)12/h2-4H,5-7H2,1H3,(H,15,16). The maximum Gasteiger partial charge on any atom is 0.329 e. The van der Waals surface area contributed by atoms with Gasteiger partial charge in [0, 0.05) is 19.3 Å². The quantitative estimate of drug-likeness (QED) is 0.798. The molecule has 0 atom stereocenters. The van der Waals surface area contributed by atoms with E-state index < -0.39 is 28.2 Å². The molecule has 0 radical (unpaired) electrons. The van der Waals surface area contributed by atoms with Crippen LogP contribution in [0.15, 0.2) is 23.2 Å². The summed E-state index contributed by atoms with van der Waals surface area (Å²) in [6.45, 7) is 1.35. The van der Waals surface area contributed by atoms with Crippen LogP contribution in [0.3, 0.4) is 0 Å². The van der Waals surface area contributed by atoms with E-state index >= 15 is 0 Å². The van der Waals surface area contributed by atoms with Crippen molar-refractivity contribution in [3.8, 4) is 0 Å². The van der Waals surface area contributed by atoms with Crippen LogP contribution in [0, 0.1) is 0 Å². The zero-order chi connectivity index (χ0) is 15.0. The molecule has 20 heavy (non-hydrogen) atoms. The van der Waals surface area contributed by atoms with Gasteiger partial charge in [-0.1, -0.05) is 11.6 Å². The summed E-state index contributed by atoms with van der Waals surface area (Å²) < 4.78 is 30.9. The fraction of sp³-hybridized carbons (Fsp3) is 0.455. The molecule has 1 aromatic heterocycles. The average Bonchev–Trinajstić information content (AvgIpc) is 2.33. The van der Waals surface area contributed by atoms with Crippen molar-refractivity contribution in [1.82, 2.24) is 9.29 Å². The summed E-state index contributed by atoms with van der Waals surface area (Å²) in [5, 5.41) is 8.46. The van der Waals surface area contributed by atoms with Crippen molar-refractivity contribution in [3.63, 3.8) is 0 Å². The molecule has 9 heteroatoms. The molecule has 1 saturated heterocycles. The van der Waals surface area contributed by atoms with Crippen molar-refractivity contribution >= 4 is 27.6 Å². The number of hydrogen-bond acceptors (Lipinski definition) is 5. The number of aromatic nitrogens is 1. The van der Waals surface area contributed by atoms with E-state index in [-0.39, 0.29) is 23.1 Å². The third kappa shape index (κ3) is 2.93. The van der Waals surface area contributed by atoms with Crippen molar-refractivity contribution in [3.05, 3.63) is 23.5 Å². The summed E-state index contributed by atoms with van der Waals surface area (Å²) in [6.07, 6.45) is 1.40. The fourth-order valence-corrected chi connectivity index (χ4v) is 3.99. The molecule has 0 unspecified atom stereocenters. The Labute approximate surface area is 121 Å². The number of ether oxygens (including phenoxy) is 1. The summed E-state index contributed by atoms with van der Waals surface area (Å²) in [6, 6.07) is 2.86. The number of carbonyl (C=O) groups is 1. The first-order valence-electron chi connectivity index (χ1n) is 5.71. The third-order valence-corrected chi connectivity index (χ3v) is 5.14. The van der Waals surface area contributed by atoms with Gasteiger partial charge in [-0.3, -0.25) is 0 Å². The highest BCUT2D eigenvalue weighted by molar-refractivity contribution is 7.89. The zero-order valence-corrected chi connectivity index (χ0v) is 12.2. The Bertz CT molecular complexity index is 627. The number of sulfonamides is 1. The van der Waals surface area contributed by atoms with Crippen LogP contribution in [-0.2, 0) is 19.6 Å². The molecule has 2 rings (SSSR count). The van der Waals surface area contributed by atoms with E-state index in [1.165, 1.54) is 22.6 Å². The van der Waals surface area contributed by atoms with E-state index in [2.05, 4.69) is 4.98 Å². The minimum atomic E-state index is -3.73. The summed E-state index contributed by atoms with van der Waals surface area (Å²) >= 11 is 5.78. The fourth-order valence-electron chi connectivity index (χ4n) is 1.90. The van der Waals surface area contributed by atoms with Crippen LogP contribution >= 0.6 is 11.6 Å². The van der Waals surface area contributed by atoms with E-state index in [9.17, 15) is 13.2 Å². The van der Waals surface area contributed by atoms with Gasteiger partial charge in [0.05, 0.1) is 5.60 Å². The van der Waals surface area contributed by atoms with Crippen molar-refractivity contribution in [1.29, 1.82) is 0 Å². The monoisotopic (exact) mass is 320 g/mol. The summed E-state index contributed by atoms with van der Waals surface area (Å²) in [5.41, 5.74) is -0.792. The van der Waals surface area contributed by atoms with Gasteiger partial charge in [0.15, 0.2) is 0 Å². The highest BCUT2D eigenvalue weighted by atomic mass is 35.5. The van der Waals surface area contributed by atoms with Crippen molar-refractivity contribution in [2.45, 2.75) is 17.4 Å². The molecule has 0 saturated carbocycles. The van der Waals surface area contributed by atoms with Gasteiger partial charge in [0.1, 0.15) is 16.7 Å². The van der Waals surface area contributed by atoms with Gasteiger partial charge in [-0.05, 0) is 19.1 Å². The molecule has 1 aliphatic heterocycles. The molecule has 0 aromatic carbocycles. The van der Waals surface area contributed by atoms with Crippen LogP contribution in [0.5, 0.6) is 0 Å². The molecule has 1 N–H and O–H groups in total. The summed E-state index contributed by atoms with van der Waals surface area (Å²) in [5.74, 6) is -1.09. The smallest absolute Gasteiger partial charge is 0.329 e. The lowest BCUT2D eigenvalue weighted by Crippen LogP contribution is -2.63. The van der Waals surface area contributed by atoms with Crippen LogP contribution in [-0.4, -0.2) is 54.1 Å². The van der Waals surface area contributed by atoms with Gasteiger partial charge in [-0.25, -0.2) is 18.2 Å². The first kappa shape index (κ1) is 15.2. The Morgan fingerprint density at radius 1 is 1.60 bits per heavy atom. The summed E-state index contributed by atoms with van der Waals surface area (Å²) in [7, 11) is -3.73. The van der Waals surface area contributed by atoms with Gasteiger partial charge in [-0.15, -0.1) is 0 Å². The van der Waals surface area contributed by atoms with E-state index in [1.807, 2.05) is 0 Å². The predicted molar refractivity (Wildman–Crippen MR) is 70.0 cm³/mol. The molecule has 110 valence electrons. The van der Waals surface area contributed by atoms with Crippen molar-refractivity contribution < 1.29 is 23.1 Å². The first-order valence-corrected chi connectivity index (χ1v) is 7.53. The molecule has 0 aliphatic carbocycles. The maximum absolute atomic E-state index is 12.3. The molecule has 1 aliphatic rings. The molecule has 1 fully saturated rings. The van der Waals surface area contributed by atoms with E-state index in [0.717, 1.165) is 0 Å². The lowest BCUT2D eigenvalue weighted by atomic mass is 10.0. The Balaban J connectivity index is 2.08. The number of nitrogens with zero attached hydrogens (tertiary/aromatic N) is 2. The zero-order valence-electron chi connectivity index (χ0n) is 10.6. The molecule has 7 nitrogen and oxygen atoms in total. The minimum absolute atomic E-state index is 0.0676. The van der Waals surface area contributed by atoms with E-state index in [4.69, 9.17) is 21.4 Å². The summed E-state index contributed by atoms with van der Waals surface area (Å²) in [4.78, 5) is 14.1. The van der Waals surface area contributed by atoms with Crippen molar-refractivity contribution in [2.75, 3.05) is 19.7 Å². The van der Waals surface area contributed by atoms with Gasteiger partial charge in [-0.2, -0.15) is 4.31 Å². The molecular formula is C11H13ClN2O5S. The minimum Gasteiger partial charge on any atom is -0.480 e. The van der Waals surface area contributed by atoms with Crippen LogP contribution in [0.25, 0.3) is 0 Å². The SMILES string of the molecule is CC1(OCC(=O)O)CN(S(=O)(=O)c2cccnc2Cl)C1.